The second-order valence-corrected chi connectivity index (χ2v) is 15.2. The average Bonchev–Trinajstić information content (AvgIpc) is 3.41. The number of esters is 2. The highest BCUT2D eigenvalue weighted by molar-refractivity contribution is 8.00. The number of fused-ring (bicyclic) bond motifs is 5. The molecule has 48 heavy (non-hydrogen) atoms. The van der Waals surface area contributed by atoms with Crippen molar-refractivity contribution < 1.29 is 33.3 Å². The Hall–Kier alpha value is -3.86. The van der Waals surface area contributed by atoms with Gasteiger partial charge in [-0.2, -0.15) is 11.8 Å². The summed E-state index contributed by atoms with van der Waals surface area (Å²) in [5, 5.41) is 0.854. The van der Waals surface area contributed by atoms with E-state index in [0.29, 0.717) is 46.8 Å². The zero-order chi connectivity index (χ0) is 34.6. The van der Waals surface area contributed by atoms with Crippen LogP contribution in [0.1, 0.15) is 109 Å². The summed E-state index contributed by atoms with van der Waals surface area (Å²) < 4.78 is 23.9. The molecule has 0 radical (unpaired) electrons. The molecule has 258 valence electrons. The van der Waals surface area contributed by atoms with E-state index in [1.165, 1.54) is 6.42 Å². The molecule has 5 rings (SSSR count). The smallest absolute Gasteiger partial charge is 0.457 e. The maximum absolute atomic E-state index is 14.0. The quantitative estimate of drug-likeness (QED) is 0.0793. The molecule has 2 aliphatic heterocycles. The molecule has 0 fully saturated rings. The number of aromatic nitrogens is 2. The van der Waals surface area contributed by atoms with Crippen molar-refractivity contribution in [2.24, 2.45) is 0 Å². The summed E-state index contributed by atoms with van der Waals surface area (Å²) in [6.45, 7) is 12.3. The van der Waals surface area contributed by atoms with E-state index in [4.69, 9.17) is 23.9 Å². The predicted octanol–water partition coefficient (Wildman–Crippen LogP) is 7.60. The highest BCUT2D eigenvalue weighted by atomic mass is 32.2. The fourth-order valence-corrected chi connectivity index (χ4v) is 7.24. The number of carbonyl (C=O) groups is 3. The van der Waals surface area contributed by atoms with Crippen LogP contribution in [0.15, 0.2) is 29.1 Å². The van der Waals surface area contributed by atoms with E-state index < -0.39 is 17.7 Å². The molecule has 0 amide bonds. The minimum absolute atomic E-state index is 0.00222. The van der Waals surface area contributed by atoms with Gasteiger partial charge in [-0.3, -0.25) is 9.59 Å². The molecule has 2 aromatic heterocycles. The lowest BCUT2D eigenvalue weighted by molar-refractivity contribution is -0.175. The first-order chi connectivity index (χ1) is 22.9. The Bertz CT molecular complexity index is 1780. The lowest BCUT2D eigenvalue weighted by Gasteiger charge is -2.35. The van der Waals surface area contributed by atoms with Crippen molar-refractivity contribution in [3.05, 3.63) is 56.9 Å². The Morgan fingerprint density at radius 3 is 2.52 bits per heavy atom. The van der Waals surface area contributed by atoms with E-state index in [0.717, 1.165) is 42.2 Å². The molecule has 0 saturated carbocycles. The number of thioether (sulfide) groups is 1. The Kier molecular flexibility index (Phi) is 10.9. The van der Waals surface area contributed by atoms with Gasteiger partial charge in [-0.1, -0.05) is 67.2 Å². The predicted molar refractivity (Wildman–Crippen MR) is 185 cm³/mol. The molecular weight excluding hydrogens is 632 g/mol. The molecule has 0 unspecified atom stereocenters. The number of rotatable bonds is 13. The molecule has 0 N–H and O–H groups in total. The van der Waals surface area contributed by atoms with Gasteiger partial charge in [0.15, 0.2) is 0 Å². The van der Waals surface area contributed by atoms with E-state index >= 15 is 0 Å². The van der Waals surface area contributed by atoms with Crippen LogP contribution >= 0.6 is 11.8 Å². The number of unbranched alkanes of at least 4 members (excludes halogenated alkanes) is 4. The molecule has 3 aromatic rings. The van der Waals surface area contributed by atoms with Crippen molar-refractivity contribution in [1.82, 2.24) is 9.55 Å². The van der Waals surface area contributed by atoms with Crippen molar-refractivity contribution in [3.8, 4) is 17.1 Å². The monoisotopic (exact) mass is 678 g/mol. The van der Waals surface area contributed by atoms with Crippen molar-refractivity contribution >= 4 is 40.8 Å². The average molecular weight is 679 g/mol. The Morgan fingerprint density at radius 1 is 1.04 bits per heavy atom. The van der Waals surface area contributed by atoms with Gasteiger partial charge in [0.05, 0.1) is 29.0 Å². The first-order valence-corrected chi connectivity index (χ1v) is 18.0. The van der Waals surface area contributed by atoms with Crippen LogP contribution in [0.2, 0.25) is 0 Å². The number of carbonyl (C=O) groups excluding carboxylic acids is 3. The number of aryl methyl sites for hydroxylation is 1. The molecule has 4 heterocycles. The summed E-state index contributed by atoms with van der Waals surface area (Å²) in [6, 6.07) is 7.15. The van der Waals surface area contributed by atoms with E-state index in [1.54, 1.807) is 35.4 Å². The number of hydrogen-bond donors (Lipinski definition) is 0. The van der Waals surface area contributed by atoms with Crippen LogP contribution in [-0.2, 0) is 49.0 Å². The fraction of sp³-hybridized carbons (Fsp3) is 0.541. The Balaban J connectivity index is 1.45. The topological polar surface area (TPSA) is 123 Å². The number of nitrogens with zero attached hydrogens (tertiary/aromatic N) is 2. The second kappa shape index (κ2) is 14.7. The third-order valence-electron chi connectivity index (χ3n) is 8.91. The molecule has 1 atom stereocenters. The van der Waals surface area contributed by atoms with Crippen LogP contribution in [0.3, 0.4) is 0 Å². The Labute approximate surface area is 285 Å². The van der Waals surface area contributed by atoms with Crippen LogP contribution in [0.5, 0.6) is 5.75 Å². The lowest BCUT2D eigenvalue weighted by atomic mass is 9.85. The molecular formula is C37H46N2O8S. The lowest BCUT2D eigenvalue weighted by Crippen LogP contribution is -2.47. The van der Waals surface area contributed by atoms with Gasteiger partial charge in [-0.25, -0.2) is 14.6 Å². The normalized spacial score (nSPS) is 16.6. The maximum atomic E-state index is 14.0. The van der Waals surface area contributed by atoms with Gasteiger partial charge in [0, 0.05) is 33.4 Å². The SMILES string of the molecule is CCCCCCCC(=O)Oc1ccc2nc3c(c(CC)c2c1)Cn1c-3cc2c(c1=O)COC(=O)[C@@]2(CC)OC(=O)OCCSC(C)(C)C. The first kappa shape index (κ1) is 35.4. The molecule has 2 aliphatic rings. The summed E-state index contributed by atoms with van der Waals surface area (Å²) in [6.07, 6.45) is 5.32. The van der Waals surface area contributed by atoms with E-state index in [-0.39, 0.29) is 48.0 Å². The van der Waals surface area contributed by atoms with Crippen LogP contribution in [0.4, 0.5) is 4.79 Å². The van der Waals surface area contributed by atoms with Gasteiger partial charge >= 0.3 is 18.1 Å². The summed E-state index contributed by atoms with van der Waals surface area (Å²) in [4.78, 5) is 57.7. The third kappa shape index (κ3) is 7.26. The highest BCUT2D eigenvalue weighted by Gasteiger charge is 2.51. The van der Waals surface area contributed by atoms with E-state index in [1.807, 2.05) is 19.1 Å². The van der Waals surface area contributed by atoms with Crippen molar-refractivity contribution in [2.75, 3.05) is 12.4 Å². The zero-order valence-electron chi connectivity index (χ0n) is 28.9. The number of cyclic esters (lactones) is 1. The van der Waals surface area contributed by atoms with Gasteiger partial charge in [0.2, 0.25) is 5.60 Å². The van der Waals surface area contributed by atoms with E-state index in [2.05, 4.69) is 27.7 Å². The summed E-state index contributed by atoms with van der Waals surface area (Å²) in [7, 11) is 0. The van der Waals surface area contributed by atoms with Crippen molar-refractivity contribution in [1.29, 1.82) is 0 Å². The molecule has 0 spiro atoms. The van der Waals surface area contributed by atoms with Gasteiger partial charge < -0.3 is 23.5 Å². The standard InChI is InChI=1S/C37H46N2O8S/c1-7-10-11-12-13-14-31(40)46-23-15-16-29-25(19-23)24(8-2)26-21-39-30(32(26)38-29)20-28-27(33(39)41)22-45-34(42)37(28,9-3)47-35(43)44-17-18-48-36(4,5)6/h15-16,19-20H,7-14,17-18,21-22H2,1-6H3/t37-/m0/s1. The third-order valence-corrected chi connectivity index (χ3v) is 10.1. The van der Waals surface area contributed by atoms with Gasteiger partial charge in [0.25, 0.3) is 5.56 Å². The molecule has 0 aliphatic carbocycles. The van der Waals surface area contributed by atoms with Crippen LogP contribution in [-0.4, -0.2) is 44.8 Å². The van der Waals surface area contributed by atoms with Gasteiger partial charge in [0.1, 0.15) is 19.0 Å². The molecule has 11 heteroatoms. The van der Waals surface area contributed by atoms with Crippen molar-refractivity contribution in [2.45, 2.75) is 116 Å². The number of ether oxygens (including phenoxy) is 4. The maximum Gasteiger partial charge on any atom is 0.509 e. The summed E-state index contributed by atoms with van der Waals surface area (Å²) in [5.41, 5.74) is 2.13. The first-order valence-electron chi connectivity index (χ1n) is 17.0. The molecule has 10 nitrogen and oxygen atoms in total. The largest absolute Gasteiger partial charge is 0.509 e. The molecule has 0 saturated heterocycles. The van der Waals surface area contributed by atoms with Gasteiger partial charge in [-0.05, 0) is 49.1 Å². The number of benzene rings is 1. The van der Waals surface area contributed by atoms with Gasteiger partial charge in [-0.15, -0.1) is 0 Å². The number of hydrogen-bond acceptors (Lipinski definition) is 10. The zero-order valence-corrected chi connectivity index (χ0v) is 29.7. The van der Waals surface area contributed by atoms with Crippen molar-refractivity contribution in [3.63, 3.8) is 0 Å². The van der Waals surface area contributed by atoms with Crippen LogP contribution in [0, 0.1) is 0 Å². The second-order valence-electron chi connectivity index (χ2n) is 13.3. The van der Waals surface area contributed by atoms with Crippen LogP contribution in [0.25, 0.3) is 22.3 Å². The summed E-state index contributed by atoms with van der Waals surface area (Å²) >= 11 is 1.64. The Morgan fingerprint density at radius 2 is 1.81 bits per heavy atom. The molecule has 1 aromatic carbocycles. The molecule has 0 bridgehead atoms. The van der Waals surface area contributed by atoms with Crippen LogP contribution < -0.4 is 10.3 Å². The minimum Gasteiger partial charge on any atom is -0.457 e. The highest BCUT2D eigenvalue weighted by Crippen LogP contribution is 2.42. The number of pyridine rings is 2. The fourth-order valence-electron chi connectivity index (χ4n) is 6.47. The van der Waals surface area contributed by atoms with E-state index in [9.17, 15) is 19.2 Å². The summed E-state index contributed by atoms with van der Waals surface area (Å²) in [5.74, 6) is 0.0240. The minimum atomic E-state index is -1.83.